The topological polar surface area (TPSA) is 45.2 Å². The van der Waals surface area contributed by atoms with Crippen molar-refractivity contribution in [3.8, 4) is 0 Å². The lowest BCUT2D eigenvalue weighted by atomic mass is 10.1. The highest BCUT2D eigenvalue weighted by Crippen LogP contribution is 2.22. The molecule has 1 aromatic heterocycles. The third-order valence-corrected chi connectivity index (χ3v) is 5.08. The zero-order valence-electron chi connectivity index (χ0n) is 13.1. The predicted octanol–water partition coefficient (Wildman–Crippen LogP) is 3.83. The van der Waals surface area contributed by atoms with Gasteiger partial charge in [-0.25, -0.2) is 9.37 Å². The summed E-state index contributed by atoms with van der Waals surface area (Å²) >= 11 is 1.43. The molecule has 1 saturated heterocycles. The summed E-state index contributed by atoms with van der Waals surface area (Å²) in [7, 11) is 0. The molecule has 0 bridgehead atoms. The molecule has 3 rings (SSSR count). The lowest BCUT2D eigenvalue weighted by Gasteiger charge is -2.25. The van der Waals surface area contributed by atoms with Crippen LogP contribution in [-0.4, -0.2) is 28.9 Å². The number of aryl methyl sites for hydroxylation is 1. The fourth-order valence-electron chi connectivity index (χ4n) is 2.79. The Bertz CT molecular complexity index is 695. The molecule has 1 N–H and O–H groups in total. The largest absolute Gasteiger partial charge is 0.321 e. The molecular formula is C17H20FN3OS. The molecule has 0 saturated carbocycles. The Labute approximate surface area is 139 Å². The number of piperidine rings is 1. The minimum Gasteiger partial charge on any atom is -0.321 e. The molecule has 122 valence electrons. The predicted molar refractivity (Wildman–Crippen MR) is 90.3 cm³/mol. The number of nitrogens with zero attached hydrogens (tertiary/aromatic N) is 2. The standard InChI is InChI=1S/C17H20FN3OS/c1-12-16(17(22)20-14-7-5-6-13(18)10-14)23-15(19-12)11-21-8-3-2-4-9-21/h5-7,10H,2-4,8-9,11H2,1H3,(H,20,22). The molecule has 0 unspecified atom stereocenters. The summed E-state index contributed by atoms with van der Waals surface area (Å²) in [6, 6.07) is 5.91. The molecule has 2 heterocycles. The Morgan fingerprint density at radius 1 is 1.35 bits per heavy atom. The van der Waals surface area contributed by atoms with Gasteiger partial charge in [0.2, 0.25) is 0 Å². The normalized spacial score (nSPS) is 15.6. The summed E-state index contributed by atoms with van der Waals surface area (Å²) in [5.41, 5.74) is 1.19. The summed E-state index contributed by atoms with van der Waals surface area (Å²) in [5, 5.41) is 3.70. The van der Waals surface area contributed by atoms with Gasteiger partial charge in [-0.3, -0.25) is 9.69 Å². The van der Waals surface area contributed by atoms with E-state index in [1.54, 1.807) is 12.1 Å². The third kappa shape index (κ3) is 4.14. The SMILES string of the molecule is Cc1nc(CN2CCCCC2)sc1C(=O)Nc1cccc(F)c1. The molecule has 23 heavy (non-hydrogen) atoms. The van der Waals surface area contributed by atoms with Crippen LogP contribution in [0, 0.1) is 12.7 Å². The second kappa shape index (κ2) is 7.19. The van der Waals surface area contributed by atoms with Gasteiger partial charge in [-0.2, -0.15) is 0 Å². The van der Waals surface area contributed by atoms with Gasteiger partial charge in [0.05, 0.1) is 12.2 Å². The molecule has 0 atom stereocenters. The second-order valence-corrected chi connectivity index (χ2v) is 6.91. The Morgan fingerprint density at radius 2 is 2.13 bits per heavy atom. The van der Waals surface area contributed by atoms with Gasteiger partial charge in [0.25, 0.3) is 5.91 Å². The number of rotatable bonds is 4. The molecule has 0 spiro atoms. The molecule has 2 aromatic rings. The molecule has 4 nitrogen and oxygen atoms in total. The lowest BCUT2D eigenvalue weighted by molar-refractivity contribution is 0.103. The quantitative estimate of drug-likeness (QED) is 0.925. The monoisotopic (exact) mass is 333 g/mol. The zero-order chi connectivity index (χ0) is 16.2. The molecule has 1 aliphatic heterocycles. The summed E-state index contributed by atoms with van der Waals surface area (Å²) in [4.78, 5) is 19.9. The minimum absolute atomic E-state index is 0.226. The number of anilines is 1. The summed E-state index contributed by atoms with van der Waals surface area (Å²) in [5.74, 6) is -0.592. The van der Waals surface area contributed by atoms with Gasteiger partial charge in [-0.1, -0.05) is 12.5 Å². The van der Waals surface area contributed by atoms with Crippen LogP contribution in [0.4, 0.5) is 10.1 Å². The Hall–Kier alpha value is -1.79. The van der Waals surface area contributed by atoms with Crippen LogP contribution in [0.15, 0.2) is 24.3 Å². The van der Waals surface area contributed by atoms with Crippen molar-refractivity contribution in [2.24, 2.45) is 0 Å². The van der Waals surface area contributed by atoms with E-state index in [-0.39, 0.29) is 11.7 Å². The summed E-state index contributed by atoms with van der Waals surface area (Å²) < 4.78 is 13.2. The fraction of sp³-hybridized carbons (Fsp3) is 0.412. The van der Waals surface area contributed by atoms with E-state index in [1.807, 2.05) is 6.92 Å². The minimum atomic E-state index is -0.366. The molecular weight excluding hydrogens is 313 g/mol. The number of hydrogen-bond acceptors (Lipinski definition) is 4. The van der Waals surface area contributed by atoms with Crippen molar-refractivity contribution in [2.75, 3.05) is 18.4 Å². The molecule has 1 aliphatic rings. The van der Waals surface area contributed by atoms with E-state index >= 15 is 0 Å². The maximum absolute atomic E-state index is 13.2. The van der Waals surface area contributed by atoms with Crippen LogP contribution in [0.1, 0.15) is 39.6 Å². The number of amides is 1. The summed E-state index contributed by atoms with van der Waals surface area (Å²) in [6.07, 6.45) is 3.77. The van der Waals surface area contributed by atoms with Crippen LogP contribution in [0.3, 0.4) is 0 Å². The van der Waals surface area contributed by atoms with E-state index in [0.29, 0.717) is 10.6 Å². The first-order chi connectivity index (χ1) is 11.1. The number of thiazole rings is 1. The fourth-order valence-corrected chi connectivity index (χ4v) is 3.80. The van der Waals surface area contributed by atoms with Crippen LogP contribution in [0.5, 0.6) is 0 Å². The van der Waals surface area contributed by atoms with Crippen molar-refractivity contribution >= 4 is 22.9 Å². The van der Waals surface area contributed by atoms with E-state index < -0.39 is 0 Å². The van der Waals surface area contributed by atoms with E-state index in [1.165, 1.54) is 42.7 Å². The van der Waals surface area contributed by atoms with Gasteiger partial charge >= 0.3 is 0 Å². The Kier molecular flexibility index (Phi) is 5.03. The maximum atomic E-state index is 13.2. The third-order valence-electron chi connectivity index (χ3n) is 3.94. The lowest BCUT2D eigenvalue weighted by Crippen LogP contribution is -2.28. The molecule has 0 radical (unpaired) electrons. The number of benzene rings is 1. The Morgan fingerprint density at radius 3 is 2.87 bits per heavy atom. The van der Waals surface area contributed by atoms with Gasteiger partial charge in [-0.15, -0.1) is 11.3 Å². The van der Waals surface area contributed by atoms with E-state index in [2.05, 4.69) is 15.2 Å². The Balaban J connectivity index is 1.68. The molecule has 1 aromatic carbocycles. The van der Waals surface area contributed by atoms with Gasteiger partial charge in [0.15, 0.2) is 0 Å². The molecule has 0 aliphatic carbocycles. The maximum Gasteiger partial charge on any atom is 0.267 e. The van der Waals surface area contributed by atoms with Crippen LogP contribution in [0.2, 0.25) is 0 Å². The second-order valence-electron chi connectivity index (χ2n) is 5.82. The van der Waals surface area contributed by atoms with E-state index in [0.717, 1.165) is 30.3 Å². The van der Waals surface area contributed by atoms with Crippen LogP contribution >= 0.6 is 11.3 Å². The number of nitrogens with one attached hydrogen (secondary N) is 1. The van der Waals surface area contributed by atoms with Crippen molar-refractivity contribution in [1.82, 2.24) is 9.88 Å². The number of aromatic nitrogens is 1. The number of likely N-dealkylation sites (tertiary alicyclic amines) is 1. The number of carbonyl (C=O) groups is 1. The summed E-state index contributed by atoms with van der Waals surface area (Å²) in [6.45, 7) is 4.85. The first kappa shape index (κ1) is 16.1. The van der Waals surface area contributed by atoms with Crippen molar-refractivity contribution in [1.29, 1.82) is 0 Å². The van der Waals surface area contributed by atoms with E-state index in [9.17, 15) is 9.18 Å². The van der Waals surface area contributed by atoms with Gasteiger partial charge in [-0.05, 0) is 51.1 Å². The number of carbonyl (C=O) groups excluding carboxylic acids is 1. The van der Waals surface area contributed by atoms with Crippen LogP contribution < -0.4 is 5.32 Å². The highest BCUT2D eigenvalue weighted by atomic mass is 32.1. The van der Waals surface area contributed by atoms with Crippen molar-refractivity contribution in [2.45, 2.75) is 32.7 Å². The van der Waals surface area contributed by atoms with Crippen molar-refractivity contribution in [3.05, 3.63) is 45.7 Å². The number of hydrogen-bond donors (Lipinski definition) is 1. The molecule has 1 fully saturated rings. The molecule has 1 amide bonds. The smallest absolute Gasteiger partial charge is 0.267 e. The zero-order valence-corrected chi connectivity index (χ0v) is 14.0. The first-order valence-corrected chi connectivity index (χ1v) is 8.69. The highest BCUT2D eigenvalue weighted by Gasteiger charge is 2.18. The van der Waals surface area contributed by atoms with Gasteiger partial charge < -0.3 is 5.32 Å². The average molecular weight is 333 g/mol. The van der Waals surface area contributed by atoms with Crippen molar-refractivity contribution in [3.63, 3.8) is 0 Å². The van der Waals surface area contributed by atoms with Crippen molar-refractivity contribution < 1.29 is 9.18 Å². The first-order valence-electron chi connectivity index (χ1n) is 7.87. The van der Waals surface area contributed by atoms with Gasteiger partial charge in [0.1, 0.15) is 15.7 Å². The number of halogens is 1. The van der Waals surface area contributed by atoms with Crippen LogP contribution in [0.25, 0.3) is 0 Å². The van der Waals surface area contributed by atoms with Gasteiger partial charge in [0, 0.05) is 5.69 Å². The molecule has 6 heteroatoms. The van der Waals surface area contributed by atoms with Crippen LogP contribution in [-0.2, 0) is 6.54 Å². The van der Waals surface area contributed by atoms with E-state index in [4.69, 9.17) is 0 Å². The highest BCUT2D eigenvalue weighted by molar-refractivity contribution is 7.13. The average Bonchev–Trinajstić information content (AvgIpc) is 2.89.